The highest BCUT2D eigenvalue weighted by Crippen LogP contribution is 2.27. The molecule has 16 heavy (non-hydrogen) atoms. The van der Waals surface area contributed by atoms with E-state index in [1.165, 1.54) is 25.7 Å². The fraction of sp³-hybridized carbons (Fsp3) is 0.923. The van der Waals surface area contributed by atoms with Crippen LogP contribution in [0.2, 0.25) is 0 Å². The lowest BCUT2D eigenvalue weighted by Crippen LogP contribution is -2.40. The largest absolute Gasteiger partial charge is 0.353 e. The SMILES string of the molecule is CCCC1CCC(NC(=O)C(C)CCl)CC1. The van der Waals surface area contributed by atoms with Crippen LogP contribution in [0.15, 0.2) is 0 Å². The molecular formula is C13H24ClNO. The Labute approximate surface area is 104 Å². The van der Waals surface area contributed by atoms with Crippen LogP contribution in [0.3, 0.4) is 0 Å². The highest BCUT2D eigenvalue weighted by atomic mass is 35.5. The second kappa shape index (κ2) is 7.16. The zero-order chi connectivity index (χ0) is 12.0. The van der Waals surface area contributed by atoms with E-state index in [2.05, 4.69) is 12.2 Å². The molecule has 1 fully saturated rings. The summed E-state index contributed by atoms with van der Waals surface area (Å²) < 4.78 is 0. The molecule has 1 aliphatic rings. The number of rotatable bonds is 5. The molecule has 3 heteroatoms. The van der Waals surface area contributed by atoms with E-state index in [9.17, 15) is 4.79 Å². The lowest BCUT2D eigenvalue weighted by Gasteiger charge is -2.29. The summed E-state index contributed by atoms with van der Waals surface area (Å²) in [5.41, 5.74) is 0. The topological polar surface area (TPSA) is 29.1 Å². The van der Waals surface area contributed by atoms with Crippen molar-refractivity contribution in [2.45, 2.75) is 58.4 Å². The van der Waals surface area contributed by atoms with Crippen molar-refractivity contribution >= 4 is 17.5 Å². The van der Waals surface area contributed by atoms with Gasteiger partial charge in [-0.15, -0.1) is 11.6 Å². The minimum absolute atomic E-state index is 0.0602. The van der Waals surface area contributed by atoms with Crippen molar-refractivity contribution < 1.29 is 4.79 Å². The van der Waals surface area contributed by atoms with E-state index in [1.807, 2.05) is 6.92 Å². The molecule has 1 rings (SSSR count). The monoisotopic (exact) mass is 245 g/mol. The van der Waals surface area contributed by atoms with E-state index in [4.69, 9.17) is 11.6 Å². The van der Waals surface area contributed by atoms with E-state index >= 15 is 0 Å². The maximum Gasteiger partial charge on any atom is 0.224 e. The Bertz CT molecular complexity index is 212. The van der Waals surface area contributed by atoms with Gasteiger partial charge in [0.2, 0.25) is 5.91 Å². The average molecular weight is 246 g/mol. The van der Waals surface area contributed by atoms with Gasteiger partial charge < -0.3 is 5.32 Å². The van der Waals surface area contributed by atoms with E-state index < -0.39 is 0 Å². The molecule has 0 radical (unpaired) electrons. The molecule has 94 valence electrons. The van der Waals surface area contributed by atoms with Crippen molar-refractivity contribution in [2.24, 2.45) is 11.8 Å². The molecule has 2 nitrogen and oxygen atoms in total. The molecule has 0 bridgehead atoms. The van der Waals surface area contributed by atoms with E-state index in [1.54, 1.807) is 0 Å². The van der Waals surface area contributed by atoms with Crippen LogP contribution >= 0.6 is 11.6 Å². The molecule has 1 saturated carbocycles. The molecule has 0 aromatic rings. The average Bonchev–Trinajstić information content (AvgIpc) is 2.31. The fourth-order valence-corrected chi connectivity index (χ4v) is 2.56. The summed E-state index contributed by atoms with van der Waals surface area (Å²) in [7, 11) is 0. The predicted octanol–water partition coefficient (Wildman–Crippen LogP) is 3.34. The highest BCUT2D eigenvalue weighted by Gasteiger charge is 2.23. The lowest BCUT2D eigenvalue weighted by molar-refractivity contribution is -0.124. The number of alkyl halides is 1. The van der Waals surface area contributed by atoms with E-state index in [-0.39, 0.29) is 11.8 Å². The molecule has 1 unspecified atom stereocenters. The van der Waals surface area contributed by atoms with E-state index in [0.717, 1.165) is 18.8 Å². The molecule has 0 heterocycles. The van der Waals surface area contributed by atoms with Gasteiger partial charge in [-0.25, -0.2) is 0 Å². The predicted molar refractivity (Wildman–Crippen MR) is 68.7 cm³/mol. The van der Waals surface area contributed by atoms with Gasteiger partial charge in [0.15, 0.2) is 0 Å². The van der Waals surface area contributed by atoms with E-state index in [0.29, 0.717) is 11.9 Å². The Morgan fingerprint density at radius 3 is 2.50 bits per heavy atom. The van der Waals surface area contributed by atoms with Crippen molar-refractivity contribution in [1.29, 1.82) is 0 Å². The summed E-state index contributed by atoms with van der Waals surface area (Å²) in [5, 5.41) is 3.11. The Kier molecular flexibility index (Phi) is 6.18. The quantitative estimate of drug-likeness (QED) is 0.740. The van der Waals surface area contributed by atoms with Gasteiger partial charge in [0.25, 0.3) is 0 Å². The summed E-state index contributed by atoms with van der Waals surface area (Å²) in [4.78, 5) is 11.7. The Morgan fingerprint density at radius 1 is 1.38 bits per heavy atom. The third-order valence-corrected chi connectivity index (χ3v) is 4.03. The summed E-state index contributed by atoms with van der Waals surface area (Å²) in [5.74, 6) is 1.37. The van der Waals surface area contributed by atoms with Crippen molar-refractivity contribution in [3.05, 3.63) is 0 Å². The maximum absolute atomic E-state index is 11.7. The molecule has 0 aliphatic heterocycles. The third kappa shape index (κ3) is 4.32. The normalized spacial score (nSPS) is 27.4. The van der Waals surface area contributed by atoms with Gasteiger partial charge in [0, 0.05) is 17.8 Å². The standard InChI is InChI=1S/C13H24ClNO/c1-3-4-11-5-7-12(8-6-11)15-13(16)10(2)9-14/h10-12H,3-9H2,1-2H3,(H,15,16). The van der Waals surface area contributed by atoms with Crippen LogP contribution in [0, 0.1) is 11.8 Å². The third-order valence-electron chi connectivity index (χ3n) is 3.57. The van der Waals surface area contributed by atoms with Gasteiger partial charge >= 0.3 is 0 Å². The zero-order valence-corrected chi connectivity index (χ0v) is 11.2. The van der Waals surface area contributed by atoms with Crippen molar-refractivity contribution in [1.82, 2.24) is 5.32 Å². The second-order valence-electron chi connectivity index (χ2n) is 5.07. The van der Waals surface area contributed by atoms with Crippen LogP contribution in [0.1, 0.15) is 52.4 Å². The number of hydrogen-bond donors (Lipinski definition) is 1. The number of carbonyl (C=O) groups is 1. The van der Waals surface area contributed by atoms with Crippen molar-refractivity contribution in [3.63, 3.8) is 0 Å². The van der Waals surface area contributed by atoms with Gasteiger partial charge in [-0.3, -0.25) is 4.79 Å². The molecule has 0 saturated heterocycles. The Balaban J connectivity index is 2.24. The lowest BCUT2D eigenvalue weighted by atomic mass is 9.83. The van der Waals surface area contributed by atoms with Gasteiger partial charge in [-0.05, 0) is 31.6 Å². The van der Waals surface area contributed by atoms with Gasteiger partial charge in [0.1, 0.15) is 0 Å². The number of hydrogen-bond acceptors (Lipinski definition) is 1. The smallest absolute Gasteiger partial charge is 0.224 e. The van der Waals surface area contributed by atoms with Gasteiger partial charge in [-0.2, -0.15) is 0 Å². The summed E-state index contributed by atoms with van der Waals surface area (Å²) in [6, 6.07) is 0.395. The summed E-state index contributed by atoms with van der Waals surface area (Å²) >= 11 is 5.67. The highest BCUT2D eigenvalue weighted by molar-refractivity contribution is 6.19. The van der Waals surface area contributed by atoms with Crippen LogP contribution in [-0.2, 0) is 4.79 Å². The van der Waals surface area contributed by atoms with Crippen LogP contribution in [-0.4, -0.2) is 17.8 Å². The minimum Gasteiger partial charge on any atom is -0.353 e. The number of halogens is 1. The summed E-state index contributed by atoms with van der Waals surface area (Å²) in [6.07, 6.45) is 7.46. The van der Waals surface area contributed by atoms with Gasteiger partial charge in [0.05, 0.1) is 0 Å². The molecule has 1 atom stereocenters. The fourth-order valence-electron chi connectivity index (χ4n) is 2.42. The first-order chi connectivity index (χ1) is 7.67. The molecular weight excluding hydrogens is 222 g/mol. The van der Waals surface area contributed by atoms with Gasteiger partial charge in [-0.1, -0.05) is 26.7 Å². The van der Waals surface area contributed by atoms with Crippen molar-refractivity contribution in [2.75, 3.05) is 5.88 Å². The van der Waals surface area contributed by atoms with Crippen LogP contribution in [0.4, 0.5) is 0 Å². The Morgan fingerprint density at radius 2 is 2.00 bits per heavy atom. The van der Waals surface area contributed by atoms with Crippen LogP contribution in [0.5, 0.6) is 0 Å². The maximum atomic E-state index is 11.7. The van der Waals surface area contributed by atoms with Crippen molar-refractivity contribution in [3.8, 4) is 0 Å². The minimum atomic E-state index is -0.0602. The first kappa shape index (κ1) is 13.8. The zero-order valence-electron chi connectivity index (χ0n) is 10.5. The molecule has 1 aliphatic carbocycles. The number of nitrogens with one attached hydrogen (secondary N) is 1. The first-order valence-corrected chi connectivity index (χ1v) is 7.07. The molecule has 1 N–H and O–H groups in total. The Hall–Kier alpha value is -0.240. The first-order valence-electron chi connectivity index (χ1n) is 6.53. The van der Waals surface area contributed by atoms with Crippen LogP contribution < -0.4 is 5.32 Å². The van der Waals surface area contributed by atoms with Crippen LogP contribution in [0.25, 0.3) is 0 Å². The molecule has 1 amide bonds. The summed E-state index contributed by atoms with van der Waals surface area (Å²) in [6.45, 7) is 4.13. The molecule has 0 spiro atoms. The number of carbonyl (C=O) groups excluding carboxylic acids is 1. The second-order valence-corrected chi connectivity index (χ2v) is 5.38. The molecule has 0 aromatic carbocycles. The number of amides is 1. The molecule has 0 aromatic heterocycles.